The van der Waals surface area contributed by atoms with E-state index in [2.05, 4.69) is 14.6 Å². The van der Waals surface area contributed by atoms with Gasteiger partial charge in [-0.15, -0.1) is 11.3 Å². The summed E-state index contributed by atoms with van der Waals surface area (Å²) in [6.45, 7) is 1.60. The van der Waals surface area contributed by atoms with Crippen molar-refractivity contribution in [3.63, 3.8) is 0 Å². The molecule has 0 aliphatic carbocycles. The summed E-state index contributed by atoms with van der Waals surface area (Å²) in [6, 6.07) is 0.421. The Labute approximate surface area is 111 Å². The molecule has 100 valence electrons. The number of aromatic nitrogens is 1. The third-order valence-corrected chi connectivity index (χ3v) is 4.09. The van der Waals surface area contributed by atoms with E-state index in [0.29, 0.717) is 18.9 Å². The molecule has 0 saturated carbocycles. The average Bonchev–Trinajstić information content (AvgIpc) is 3.05. The summed E-state index contributed by atoms with van der Waals surface area (Å²) in [5.74, 6) is -0.193. The first kappa shape index (κ1) is 13.3. The van der Waals surface area contributed by atoms with Gasteiger partial charge in [0.2, 0.25) is 0 Å². The maximum absolute atomic E-state index is 11.1. The molecule has 1 fully saturated rings. The van der Waals surface area contributed by atoms with Crippen LogP contribution in [0, 0.1) is 0 Å². The maximum Gasteiger partial charge on any atom is 0.305 e. The van der Waals surface area contributed by atoms with Crippen molar-refractivity contribution in [1.29, 1.82) is 0 Å². The van der Waals surface area contributed by atoms with Gasteiger partial charge in [-0.1, -0.05) is 0 Å². The Kier molecular flexibility index (Phi) is 4.54. The normalized spacial score (nSPS) is 18.9. The monoisotopic (exact) mass is 270 g/mol. The highest BCUT2D eigenvalue weighted by Crippen LogP contribution is 2.24. The van der Waals surface area contributed by atoms with Crippen LogP contribution in [0.2, 0.25) is 0 Å². The first-order chi connectivity index (χ1) is 8.70. The lowest BCUT2D eigenvalue weighted by Crippen LogP contribution is -2.31. The van der Waals surface area contributed by atoms with Gasteiger partial charge in [0.25, 0.3) is 0 Å². The van der Waals surface area contributed by atoms with E-state index in [1.54, 1.807) is 11.3 Å². The molecule has 6 heteroatoms. The number of nitrogens with zero attached hydrogens (tertiary/aromatic N) is 2. The van der Waals surface area contributed by atoms with E-state index in [9.17, 15) is 4.79 Å². The number of hydrogen-bond donors (Lipinski definition) is 0. The highest BCUT2D eigenvalue weighted by atomic mass is 32.1. The van der Waals surface area contributed by atoms with Gasteiger partial charge in [-0.05, 0) is 6.42 Å². The van der Waals surface area contributed by atoms with Crippen molar-refractivity contribution in [3.8, 4) is 0 Å². The molecular formula is C12H18N2O3S. The average molecular weight is 270 g/mol. The predicted octanol–water partition coefficient (Wildman–Crippen LogP) is 1.47. The summed E-state index contributed by atoms with van der Waals surface area (Å²) >= 11 is 1.61. The fourth-order valence-corrected chi connectivity index (χ4v) is 2.79. The maximum atomic E-state index is 11.1. The van der Waals surface area contributed by atoms with Crippen LogP contribution < -0.4 is 4.90 Å². The van der Waals surface area contributed by atoms with Gasteiger partial charge < -0.3 is 14.4 Å². The Hall–Kier alpha value is -1.14. The topological polar surface area (TPSA) is 51.7 Å². The van der Waals surface area contributed by atoms with E-state index in [0.717, 1.165) is 30.5 Å². The number of carbonyl (C=O) groups excluding carboxylic acids is 1. The van der Waals surface area contributed by atoms with Gasteiger partial charge in [0.15, 0.2) is 5.13 Å². The Bertz CT molecular complexity index is 402. The molecule has 1 saturated heterocycles. The number of thiazole rings is 1. The van der Waals surface area contributed by atoms with E-state index < -0.39 is 0 Å². The van der Waals surface area contributed by atoms with E-state index in [-0.39, 0.29) is 5.97 Å². The van der Waals surface area contributed by atoms with Crippen LogP contribution in [-0.2, 0) is 20.7 Å². The van der Waals surface area contributed by atoms with Crippen LogP contribution in [0.5, 0.6) is 0 Å². The van der Waals surface area contributed by atoms with Crippen LogP contribution in [0.4, 0.5) is 5.13 Å². The van der Waals surface area contributed by atoms with E-state index in [1.165, 1.54) is 7.11 Å². The number of hydrogen-bond acceptors (Lipinski definition) is 6. The summed E-state index contributed by atoms with van der Waals surface area (Å²) < 4.78 is 9.99. The molecule has 2 heterocycles. The van der Waals surface area contributed by atoms with Crippen molar-refractivity contribution in [1.82, 2.24) is 4.98 Å². The molecule has 0 N–H and O–H groups in total. The molecule has 18 heavy (non-hydrogen) atoms. The van der Waals surface area contributed by atoms with Crippen molar-refractivity contribution in [3.05, 3.63) is 11.1 Å². The lowest BCUT2D eigenvalue weighted by atomic mass is 10.2. The summed E-state index contributed by atoms with van der Waals surface area (Å²) in [7, 11) is 3.45. The third-order valence-electron chi connectivity index (χ3n) is 3.11. The number of rotatable bonds is 5. The molecule has 1 unspecified atom stereocenters. The summed E-state index contributed by atoms with van der Waals surface area (Å²) in [5, 5.41) is 3.00. The molecule has 0 aromatic carbocycles. The van der Waals surface area contributed by atoms with E-state index >= 15 is 0 Å². The first-order valence-corrected chi connectivity index (χ1v) is 6.90. The Morgan fingerprint density at radius 3 is 3.22 bits per heavy atom. The molecule has 1 aliphatic heterocycles. The highest BCUT2D eigenvalue weighted by Gasteiger charge is 2.22. The zero-order chi connectivity index (χ0) is 13.0. The van der Waals surface area contributed by atoms with Gasteiger partial charge in [0.05, 0.1) is 31.9 Å². The number of carbonyl (C=O) groups is 1. The first-order valence-electron chi connectivity index (χ1n) is 6.02. The number of methoxy groups -OCH3 is 1. The van der Waals surface area contributed by atoms with Gasteiger partial charge in [-0.25, -0.2) is 4.98 Å². The van der Waals surface area contributed by atoms with E-state index in [1.807, 2.05) is 12.4 Å². The Balaban J connectivity index is 1.90. The van der Waals surface area contributed by atoms with Crippen molar-refractivity contribution >= 4 is 22.4 Å². The molecule has 0 amide bonds. The third kappa shape index (κ3) is 3.20. The second kappa shape index (κ2) is 6.15. The lowest BCUT2D eigenvalue weighted by molar-refractivity contribution is -0.140. The number of aryl methyl sites for hydroxylation is 1. The van der Waals surface area contributed by atoms with Gasteiger partial charge in [0.1, 0.15) is 0 Å². The van der Waals surface area contributed by atoms with Crippen LogP contribution in [0.25, 0.3) is 0 Å². The molecule has 0 radical (unpaired) electrons. The molecule has 1 aliphatic rings. The molecule has 1 atom stereocenters. The van der Waals surface area contributed by atoms with Crippen molar-refractivity contribution < 1.29 is 14.3 Å². The van der Waals surface area contributed by atoms with Gasteiger partial charge in [0, 0.05) is 25.5 Å². The summed E-state index contributed by atoms with van der Waals surface area (Å²) in [4.78, 5) is 17.8. The van der Waals surface area contributed by atoms with Crippen LogP contribution >= 0.6 is 11.3 Å². The van der Waals surface area contributed by atoms with Crippen LogP contribution in [0.3, 0.4) is 0 Å². The second-order valence-corrected chi connectivity index (χ2v) is 5.16. The van der Waals surface area contributed by atoms with Gasteiger partial charge >= 0.3 is 5.97 Å². The van der Waals surface area contributed by atoms with Crippen molar-refractivity contribution in [2.45, 2.75) is 25.3 Å². The van der Waals surface area contributed by atoms with Crippen LogP contribution in [0.15, 0.2) is 5.38 Å². The molecular weight excluding hydrogens is 252 g/mol. The highest BCUT2D eigenvalue weighted by molar-refractivity contribution is 7.13. The SMILES string of the molecule is COC(=O)CCc1csc(N(C)C2CCOC2)n1. The minimum absolute atomic E-state index is 0.193. The summed E-state index contributed by atoms with van der Waals surface area (Å²) in [6.07, 6.45) is 2.07. The molecule has 5 nitrogen and oxygen atoms in total. The fourth-order valence-electron chi connectivity index (χ4n) is 1.89. The minimum atomic E-state index is -0.193. The van der Waals surface area contributed by atoms with Crippen molar-refractivity contribution in [2.24, 2.45) is 0 Å². The van der Waals surface area contributed by atoms with Crippen LogP contribution in [0.1, 0.15) is 18.5 Å². The molecule has 1 aromatic rings. The Morgan fingerprint density at radius 2 is 2.56 bits per heavy atom. The smallest absolute Gasteiger partial charge is 0.305 e. The summed E-state index contributed by atoms with van der Waals surface area (Å²) in [5.41, 5.74) is 0.950. The zero-order valence-electron chi connectivity index (χ0n) is 10.7. The predicted molar refractivity (Wildman–Crippen MR) is 70.1 cm³/mol. The standard InChI is InChI=1S/C12H18N2O3S/c1-14(10-5-6-17-7-10)12-13-9(8-18-12)3-4-11(15)16-2/h8,10H,3-7H2,1-2H3. The second-order valence-electron chi connectivity index (χ2n) is 4.33. The molecule has 1 aromatic heterocycles. The number of ether oxygens (including phenoxy) is 2. The Morgan fingerprint density at radius 1 is 1.72 bits per heavy atom. The quantitative estimate of drug-likeness (QED) is 0.758. The largest absolute Gasteiger partial charge is 0.469 e. The lowest BCUT2D eigenvalue weighted by Gasteiger charge is -2.21. The number of esters is 1. The van der Waals surface area contributed by atoms with Gasteiger partial charge in [-0.3, -0.25) is 4.79 Å². The minimum Gasteiger partial charge on any atom is -0.469 e. The molecule has 0 spiro atoms. The van der Waals surface area contributed by atoms with Crippen molar-refractivity contribution in [2.75, 3.05) is 32.3 Å². The van der Waals surface area contributed by atoms with E-state index in [4.69, 9.17) is 4.74 Å². The van der Waals surface area contributed by atoms with Gasteiger partial charge in [-0.2, -0.15) is 0 Å². The molecule has 2 rings (SSSR count). The zero-order valence-corrected chi connectivity index (χ0v) is 11.5. The number of likely N-dealkylation sites (N-methyl/N-ethyl adjacent to an activating group) is 1. The molecule has 0 bridgehead atoms. The fraction of sp³-hybridized carbons (Fsp3) is 0.667. The number of anilines is 1. The van der Waals surface area contributed by atoms with Crippen LogP contribution in [-0.4, -0.2) is 44.4 Å².